The first-order chi connectivity index (χ1) is 28.2. The number of nitrogens with zero attached hydrogens (tertiary/aromatic N) is 1. The summed E-state index contributed by atoms with van der Waals surface area (Å²) in [7, 11) is 1.27. The number of amides is 1. The van der Waals surface area contributed by atoms with Gasteiger partial charge >= 0.3 is 19.8 Å². The number of likely N-dealkylation sites (N-methyl/N-ethyl adjacent to an activating group) is 1. The molecule has 334 valence electrons. The van der Waals surface area contributed by atoms with Crippen LogP contribution in [0.1, 0.15) is 128 Å². The van der Waals surface area contributed by atoms with Gasteiger partial charge in [-0.25, -0.2) is 4.57 Å². The van der Waals surface area contributed by atoms with Crippen LogP contribution in [0, 0.1) is 0 Å². The molecule has 1 amide bonds. The van der Waals surface area contributed by atoms with Crippen LogP contribution in [0.5, 0.6) is 0 Å². The SMILES string of the molecule is CCCCCCCCCCCCCCCCCC(=O)OC[C@H](COP(=O)(O)OCC[N+](C)(C)C)OC(=O)CCCNC(=O)Cc1ccccc1Nc1c(Cl)cccc1Cl. The number of anilines is 2. The summed E-state index contributed by atoms with van der Waals surface area (Å²) in [4.78, 5) is 48.4. The van der Waals surface area contributed by atoms with Crippen molar-refractivity contribution in [3.8, 4) is 0 Å². The number of quaternary nitrogens is 1. The Morgan fingerprint density at radius 3 is 1.88 bits per heavy atom. The average Bonchev–Trinajstić information content (AvgIpc) is 3.17. The fraction of sp³-hybridized carbons (Fsp3) is 0.659. The van der Waals surface area contributed by atoms with E-state index in [0.29, 0.717) is 38.9 Å². The fourth-order valence-electron chi connectivity index (χ4n) is 6.15. The molecule has 2 aromatic rings. The highest BCUT2D eigenvalue weighted by atomic mass is 35.5. The molecule has 0 radical (unpaired) electrons. The lowest BCUT2D eigenvalue weighted by Crippen LogP contribution is -2.37. The number of phosphoric acid groups is 1. The number of carbonyl (C=O) groups is 3. The number of carbonyl (C=O) groups excluding carboxylic acids is 3. The predicted molar refractivity (Wildman–Crippen MR) is 237 cm³/mol. The second kappa shape index (κ2) is 30.3. The van der Waals surface area contributed by atoms with Crippen LogP contribution in [-0.2, 0) is 43.9 Å². The quantitative estimate of drug-likeness (QED) is 0.0268. The number of halogens is 2. The molecule has 59 heavy (non-hydrogen) atoms. The van der Waals surface area contributed by atoms with Gasteiger partial charge in [0.1, 0.15) is 19.8 Å². The summed E-state index contributed by atoms with van der Waals surface area (Å²) in [6.07, 6.45) is 17.7. The van der Waals surface area contributed by atoms with Crippen molar-refractivity contribution < 1.29 is 46.8 Å². The van der Waals surface area contributed by atoms with E-state index in [4.69, 9.17) is 41.7 Å². The highest BCUT2D eigenvalue weighted by Crippen LogP contribution is 2.43. The van der Waals surface area contributed by atoms with Gasteiger partial charge in [-0.05, 0) is 36.6 Å². The summed E-state index contributed by atoms with van der Waals surface area (Å²) < 4.78 is 34.2. The Balaban J connectivity index is 1.75. The van der Waals surface area contributed by atoms with Gasteiger partial charge in [-0.2, -0.15) is 0 Å². The minimum Gasteiger partial charge on any atom is -0.462 e. The van der Waals surface area contributed by atoms with Crippen LogP contribution in [0.15, 0.2) is 42.5 Å². The zero-order valence-electron chi connectivity index (χ0n) is 36.0. The van der Waals surface area contributed by atoms with E-state index < -0.39 is 32.5 Å². The lowest BCUT2D eigenvalue weighted by molar-refractivity contribution is -0.870. The van der Waals surface area contributed by atoms with Crippen LogP contribution in [-0.4, -0.2) is 87.4 Å². The standard InChI is InChI=1S/C44H70Cl2N3O9P/c1-5-6-7-8-9-10-11-12-13-14-15-16-17-18-19-28-42(51)55-34-37(35-57-59(53,54)56-32-31-49(2,3)4)58-43(52)29-23-30-47-41(50)33-36-24-20-21-27-40(36)48-44-38(45)25-22-26-39(44)46/h20-22,24-27,37,48H,5-19,23,28-35H2,1-4H3,(H-,47,50,53,54)/p+1/t37-/m1/s1. The van der Waals surface area contributed by atoms with Crippen LogP contribution in [0.3, 0.4) is 0 Å². The number of rotatable bonds is 34. The third-order valence-corrected chi connectivity index (χ3v) is 11.2. The van der Waals surface area contributed by atoms with E-state index in [2.05, 4.69) is 17.6 Å². The van der Waals surface area contributed by atoms with Crippen molar-refractivity contribution >= 4 is 60.2 Å². The Morgan fingerprint density at radius 2 is 1.29 bits per heavy atom. The van der Waals surface area contributed by atoms with Gasteiger partial charge in [-0.3, -0.25) is 23.4 Å². The molecule has 0 fully saturated rings. The Hall–Kier alpha value is -2.70. The number of hydrogen-bond donors (Lipinski definition) is 3. The number of para-hydroxylation sites is 2. The number of esters is 2. The molecule has 0 aliphatic rings. The van der Waals surface area contributed by atoms with Crippen molar-refractivity contribution in [1.29, 1.82) is 0 Å². The molecule has 2 atom stereocenters. The maximum absolute atomic E-state index is 12.8. The zero-order valence-corrected chi connectivity index (χ0v) is 38.4. The second-order valence-electron chi connectivity index (χ2n) is 16.1. The molecule has 1 unspecified atom stereocenters. The Labute approximate surface area is 363 Å². The predicted octanol–water partition coefficient (Wildman–Crippen LogP) is 10.7. The van der Waals surface area contributed by atoms with Gasteiger partial charge in [-0.15, -0.1) is 0 Å². The van der Waals surface area contributed by atoms with Crippen LogP contribution >= 0.6 is 31.0 Å². The zero-order chi connectivity index (χ0) is 43.4. The van der Waals surface area contributed by atoms with Gasteiger partial charge in [0, 0.05) is 25.1 Å². The summed E-state index contributed by atoms with van der Waals surface area (Å²) in [5.41, 5.74) is 1.94. The van der Waals surface area contributed by atoms with E-state index in [1.165, 1.54) is 70.6 Å². The van der Waals surface area contributed by atoms with Gasteiger partial charge in [0.25, 0.3) is 0 Å². The maximum atomic E-state index is 12.8. The lowest BCUT2D eigenvalue weighted by Gasteiger charge is -2.24. The van der Waals surface area contributed by atoms with E-state index in [1.807, 2.05) is 45.4 Å². The molecule has 0 aromatic heterocycles. The second-order valence-corrected chi connectivity index (χ2v) is 18.4. The molecule has 2 aromatic carbocycles. The molecule has 0 heterocycles. The Morgan fingerprint density at radius 1 is 0.729 bits per heavy atom. The molecule has 3 N–H and O–H groups in total. The van der Waals surface area contributed by atoms with Crippen molar-refractivity contribution in [3.05, 3.63) is 58.1 Å². The summed E-state index contributed by atoms with van der Waals surface area (Å²) in [6.45, 7) is 2.02. The van der Waals surface area contributed by atoms with Crippen molar-refractivity contribution in [2.75, 3.05) is 59.4 Å². The molecular weight excluding hydrogens is 816 g/mol. The molecule has 0 aliphatic heterocycles. The highest BCUT2D eigenvalue weighted by Gasteiger charge is 2.27. The van der Waals surface area contributed by atoms with E-state index in [0.717, 1.165) is 24.8 Å². The molecule has 0 bridgehead atoms. The molecular formula is C44H71Cl2N3O9P+. The Kier molecular flexibility index (Phi) is 27.0. The van der Waals surface area contributed by atoms with Crippen LogP contribution in [0.4, 0.5) is 11.4 Å². The smallest absolute Gasteiger partial charge is 0.462 e. The van der Waals surface area contributed by atoms with Crippen LogP contribution in [0.2, 0.25) is 10.0 Å². The van der Waals surface area contributed by atoms with E-state index in [9.17, 15) is 23.8 Å². The summed E-state index contributed by atoms with van der Waals surface area (Å²) in [5, 5.41) is 6.91. The number of nitrogens with one attached hydrogen (secondary N) is 2. The van der Waals surface area contributed by atoms with E-state index in [-0.39, 0.29) is 51.3 Å². The van der Waals surface area contributed by atoms with Crippen molar-refractivity contribution in [2.24, 2.45) is 0 Å². The van der Waals surface area contributed by atoms with Gasteiger partial charge in [-0.1, -0.05) is 144 Å². The summed E-state index contributed by atoms with van der Waals surface area (Å²) >= 11 is 12.6. The molecule has 0 saturated heterocycles. The molecule has 2 rings (SSSR count). The highest BCUT2D eigenvalue weighted by molar-refractivity contribution is 7.47. The van der Waals surface area contributed by atoms with E-state index in [1.54, 1.807) is 18.2 Å². The number of phosphoric ester groups is 1. The average molecular weight is 888 g/mol. The Bertz CT molecular complexity index is 1540. The fourth-order valence-corrected chi connectivity index (χ4v) is 7.38. The number of benzene rings is 2. The van der Waals surface area contributed by atoms with Crippen LogP contribution < -0.4 is 10.6 Å². The van der Waals surface area contributed by atoms with Crippen LogP contribution in [0.25, 0.3) is 0 Å². The van der Waals surface area contributed by atoms with Gasteiger partial charge < -0.3 is 29.5 Å². The van der Waals surface area contributed by atoms with Crippen molar-refractivity contribution in [3.63, 3.8) is 0 Å². The molecule has 0 spiro atoms. The monoisotopic (exact) mass is 886 g/mol. The van der Waals surface area contributed by atoms with Gasteiger partial charge in [0.05, 0.1) is 49.9 Å². The molecule has 15 heteroatoms. The largest absolute Gasteiger partial charge is 0.472 e. The first-order valence-electron chi connectivity index (χ1n) is 21.5. The molecule has 0 aliphatic carbocycles. The third kappa shape index (κ3) is 26.3. The molecule has 0 saturated carbocycles. The number of unbranched alkanes of at least 4 members (excludes halogenated alkanes) is 14. The summed E-state index contributed by atoms with van der Waals surface area (Å²) in [6, 6.07) is 12.5. The number of ether oxygens (including phenoxy) is 2. The van der Waals surface area contributed by atoms with E-state index >= 15 is 0 Å². The topological polar surface area (TPSA) is 149 Å². The van der Waals surface area contributed by atoms with Gasteiger partial charge in [0.2, 0.25) is 5.91 Å². The first-order valence-corrected chi connectivity index (χ1v) is 23.8. The third-order valence-electron chi connectivity index (χ3n) is 9.62. The maximum Gasteiger partial charge on any atom is 0.472 e. The number of hydrogen-bond acceptors (Lipinski definition) is 9. The van der Waals surface area contributed by atoms with Crippen molar-refractivity contribution in [2.45, 2.75) is 135 Å². The molecule has 12 nitrogen and oxygen atoms in total. The first kappa shape index (κ1) is 52.4. The minimum absolute atomic E-state index is 0.0283. The summed E-state index contributed by atoms with van der Waals surface area (Å²) in [5.74, 6) is -1.34. The minimum atomic E-state index is -4.47. The van der Waals surface area contributed by atoms with Gasteiger partial charge in [0.15, 0.2) is 6.10 Å². The lowest BCUT2D eigenvalue weighted by atomic mass is 10.0. The normalized spacial score (nSPS) is 13.1. The van der Waals surface area contributed by atoms with Crippen molar-refractivity contribution in [1.82, 2.24) is 5.32 Å².